The summed E-state index contributed by atoms with van der Waals surface area (Å²) in [5.74, 6) is 0. The van der Waals surface area contributed by atoms with Crippen LogP contribution in [0.4, 0.5) is 0 Å². The number of benzene rings is 2. The van der Waals surface area contributed by atoms with Crippen LogP contribution in [0.2, 0.25) is 0 Å². The van der Waals surface area contributed by atoms with Crippen molar-refractivity contribution in [3.63, 3.8) is 0 Å². The molecule has 1 aliphatic rings. The molecule has 96 valence electrons. The number of nitrogens with zero attached hydrogens (tertiary/aromatic N) is 1. The van der Waals surface area contributed by atoms with Crippen molar-refractivity contribution < 1.29 is 0 Å². The van der Waals surface area contributed by atoms with E-state index in [4.69, 9.17) is 0 Å². The van der Waals surface area contributed by atoms with Gasteiger partial charge in [-0.25, -0.2) is 0 Å². The normalized spacial score (nSPS) is 15.8. The molecule has 0 N–H and O–H groups in total. The maximum atomic E-state index is 2.30. The first-order chi connectivity index (χ1) is 9.14. The molecule has 2 aromatic rings. The van der Waals surface area contributed by atoms with Crippen LogP contribution < -0.4 is 0 Å². The van der Waals surface area contributed by atoms with Crippen molar-refractivity contribution in [2.75, 3.05) is 14.1 Å². The fourth-order valence-corrected chi connectivity index (χ4v) is 2.98. The monoisotopic (exact) mass is 249 g/mol. The summed E-state index contributed by atoms with van der Waals surface area (Å²) in [5, 5.41) is 0. The van der Waals surface area contributed by atoms with E-state index in [0.717, 1.165) is 0 Å². The van der Waals surface area contributed by atoms with Gasteiger partial charge in [0.15, 0.2) is 0 Å². The number of hydrogen-bond acceptors (Lipinski definition) is 1. The maximum Gasteiger partial charge on any atom is 0.0693 e. The van der Waals surface area contributed by atoms with E-state index >= 15 is 0 Å². The zero-order valence-corrected chi connectivity index (χ0v) is 11.7. The van der Waals surface area contributed by atoms with Crippen molar-refractivity contribution in [2.24, 2.45) is 0 Å². The second-order valence-electron chi connectivity index (χ2n) is 5.47. The van der Waals surface area contributed by atoms with E-state index in [-0.39, 0.29) is 5.54 Å². The Morgan fingerprint density at radius 2 is 1.16 bits per heavy atom. The fraction of sp³-hybridized carbons (Fsp3) is 0.222. The van der Waals surface area contributed by atoms with Crippen molar-refractivity contribution in [2.45, 2.75) is 12.5 Å². The quantitative estimate of drug-likeness (QED) is 0.738. The third kappa shape index (κ3) is 1.73. The van der Waals surface area contributed by atoms with Crippen molar-refractivity contribution in [1.82, 2.24) is 4.90 Å². The van der Waals surface area contributed by atoms with Crippen molar-refractivity contribution >= 4 is 12.2 Å². The molecule has 0 aromatic heterocycles. The summed E-state index contributed by atoms with van der Waals surface area (Å²) in [7, 11) is 4.30. The molecule has 0 saturated heterocycles. The van der Waals surface area contributed by atoms with Crippen LogP contribution in [0.25, 0.3) is 12.2 Å². The predicted octanol–water partition coefficient (Wildman–Crippen LogP) is 4.00. The molecule has 1 nitrogen and oxygen atoms in total. The van der Waals surface area contributed by atoms with Crippen LogP contribution in [-0.4, -0.2) is 19.0 Å². The van der Waals surface area contributed by atoms with Crippen LogP contribution in [0.5, 0.6) is 0 Å². The molecule has 0 aliphatic heterocycles. The molecule has 0 heterocycles. The number of rotatable bonds is 1. The molecule has 0 bridgehead atoms. The lowest BCUT2D eigenvalue weighted by Gasteiger charge is -2.39. The van der Waals surface area contributed by atoms with Crippen molar-refractivity contribution in [3.05, 3.63) is 70.8 Å². The Morgan fingerprint density at radius 3 is 1.58 bits per heavy atom. The van der Waals surface area contributed by atoms with Crippen molar-refractivity contribution in [1.29, 1.82) is 0 Å². The molecule has 0 atom stereocenters. The summed E-state index contributed by atoms with van der Waals surface area (Å²) in [4.78, 5) is 2.30. The SMILES string of the molecule is CN(C)C1(C)c2ccccc2C=Cc2ccccc21. The van der Waals surface area contributed by atoms with Gasteiger partial charge in [0.25, 0.3) is 0 Å². The van der Waals surface area contributed by atoms with Gasteiger partial charge >= 0.3 is 0 Å². The van der Waals surface area contributed by atoms with Crippen LogP contribution in [0.15, 0.2) is 48.5 Å². The molecule has 19 heavy (non-hydrogen) atoms. The van der Waals surface area contributed by atoms with E-state index < -0.39 is 0 Å². The van der Waals surface area contributed by atoms with Gasteiger partial charge in [-0.1, -0.05) is 60.7 Å². The summed E-state index contributed by atoms with van der Waals surface area (Å²) < 4.78 is 0. The third-order valence-electron chi connectivity index (χ3n) is 4.31. The first-order valence-corrected chi connectivity index (χ1v) is 6.68. The van der Waals surface area contributed by atoms with Gasteiger partial charge in [0.05, 0.1) is 5.54 Å². The highest BCUT2D eigenvalue weighted by atomic mass is 15.1. The highest BCUT2D eigenvalue weighted by Gasteiger charge is 2.35. The molecule has 0 spiro atoms. The van der Waals surface area contributed by atoms with E-state index in [0.29, 0.717) is 0 Å². The molecule has 0 amide bonds. The Hall–Kier alpha value is -1.86. The molecule has 2 aromatic carbocycles. The standard InChI is InChI=1S/C18H19N/c1-18(19(2)3)16-10-6-4-8-14(16)12-13-15-9-5-7-11-17(15)18/h4-13H,1-3H3. The van der Waals surface area contributed by atoms with E-state index in [1.54, 1.807) is 0 Å². The van der Waals surface area contributed by atoms with Gasteiger partial charge in [0, 0.05) is 0 Å². The Balaban J connectivity index is 2.37. The first kappa shape index (κ1) is 12.2. The summed E-state index contributed by atoms with van der Waals surface area (Å²) in [5.41, 5.74) is 5.23. The minimum atomic E-state index is -0.101. The molecule has 1 heteroatoms. The second kappa shape index (κ2) is 4.36. The van der Waals surface area contributed by atoms with Gasteiger partial charge < -0.3 is 0 Å². The van der Waals surface area contributed by atoms with Gasteiger partial charge in [-0.2, -0.15) is 0 Å². The van der Waals surface area contributed by atoms with Gasteiger partial charge in [0.2, 0.25) is 0 Å². The zero-order chi connectivity index (χ0) is 13.5. The summed E-state index contributed by atoms with van der Waals surface area (Å²) >= 11 is 0. The average molecular weight is 249 g/mol. The molecular weight excluding hydrogens is 230 g/mol. The van der Waals surface area contributed by atoms with Gasteiger partial charge in [-0.3, -0.25) is 4.90 Å². The van der Waals surface area contributed by atoms with Crippen molar-refractivity contribution in [3.8, 4) is 0 Å². The largest absolute Gasteiger partial charge is 0.296 e. The average Bonchev–Trinajstić information content (AvgIpc) is 2.56. The minimum Gasteiger partial charge on any atom is -0.296 e. The first-order valence-electron chi connectivity index (χ1n) is 6.68. The van der Waals surface area contributed by atoms with Gasteiger partial charge in [-0.15, -0.1) is 0 Å². The molecule has 0 unspecified atom stereocenters. The number of fused-ring (bicyclic) bond motifs is 2. The molecular formula is C18H19N. The van der Waals surface area contributed by atoms with Crippen LogP contribution in [-0.2, 0) is 5.54 Å². The van der Waals surface area contributed by atoms with E-state index in [1.807, 2.05) is 0 Å². The van der Waals surface area contributed by atoms with Crippen LogP contribution in [0, 0.1) is 0 Å². The van der Waals surface area contributed by atoms with Crippen LogP contribution in [0.3, 0.4) is 0 Å². The molecule has 0 radical (unpaired) electrons. The fourth-order valence-electron chi connectivity index (χ4n) is 2.98. The predicted molar refractivity (Wildman–Crippen MR) is 82.0 cm³/mol. The summed E-state index contributed by atoms with van der Waals surface area (Å²) in [6, 6.07) is 17.3. The number of hydrogen-bond donors (Lipinski definition) is 0. The highest BCUT2D eigenvalue weighted by molar-refractivity contribution is 5.77. The summed E-state index contributed by atoms with van der Waals surface area (Å²) in [6.07, 6.45) is 4.45. The Labute approximate surface area is 115 Å². The Kier molecular flexibility index (Phi) is 2.79. The lowest BCUT2D eigenvalue weighted by atomic mass is 9.80. The molecule has 1 aliphatic carbocycles. The maximum absolute atomic E-state index is 2.30. The van der Waals surface area contributed by atoms with Gasteiger partial charge in [0.1, 0.15) is 0 Å². The minimum absolute atomic E-state index is 0.101. The lowest BCUT2D eigenvalue weighted by Crippen LogP contribution is -2.40. The van der Waals surface area contributed by atoms with E-state index in [2.05, 4.69) is 86.6 Å². The molecule has 0 saturated carbocycles. The zero-order valence-electron chi connectivity index (χ0n) is 11.7. The van der Waals surface area contributed by atoms with Crippen LogP contribution in [0.1, 0.15) is 29.2 Å². The second-order valence-corrected chi connectivity index (χ2v) is 5.47. The summed E-state index contributed by atoms with van der Waals surface area (Å²) in [6.45, 7) is 2.30. The topological polar surface area (TPSA) is 3.24 Å². The molecule has 0 fully saturated rings. The Morgan fingerprint density at radius 1 is 0.737 bits per heavy atom. The smallest absolute Gasteiger partial charge is 0.0693 e. The highest BCUT2D eigenvalue weighted by Crippen LogP contribution is 2.40. The van der Waals surface area contributed by atoms with Gasteiger partial charge in [-0.05, 0) is 43.3 Å². The third-order valence-corrected chi connectivity index (χ3v) is 4.31. The van der Waals surface area contributed by atoms with E-state index in [1.165, 1.54) is 22.3 Å². The van der Waals surface area contributed by atoms with Crippen LogP contribution >= 0.6 is 0 Å². The lowest BCUT2D eigenvalue weighted by molar-refractivity contribution is 0.222. The molecule has 3 rings (SSSR count). The Bertz CT molecular complexity index is 588. The van der Waals surface area contributed by atoms with E-state index in [9.17, 15) is 0 Å².